The lowest BCUT2D eigenvalue weighted by Gasteiger charge is -2.30. The normalized spacial score (nSPS) is 14.9. The van der Waals surface area contributed by atoms with Crippen molar-refractivity contribution in [2.45, 2.75) is 161 Å². The number of nitro benzene ring substituents is 1. The summed E-state index contributed by atoms with van der Waals surface area (Å²) < 4.78 is 0. The largest absolute Gasteiger partial charge is 0.508 e. The number of non-ortho nitro benzene ring substituents is 1. The molecule has 85 heavy (non-hydrogen) atoms. The van der Waals surface area contributed by atoms with Crippen molar-refractivity contribution in [1.82, 2.24) is 53.2 Å². The summed E-state index contributed by atoms with van der Waals surface area (Å²) in [6, 6.07) is -3.35. The van der Waals surface area contributed by atoms with Crippen molar-refractivity contribution in [3.63, 3.8) is 0 Å². The van der Waals surface area contributed by atoms with Gasteiger partial charge >= 0.3 is 11.9 Å². The average molecular weight is 1200 g/mol. The quantitative estimate of drug-likeness (QED) is 0.0244. The summed E-state index contributed by atoms with van der Waals surface area (Å²) in [6.45, 7) is 12.2. The number of aliphatic hydroxyl groups excluding tert-OH is 1. The van der Waals surface area contributed by atoms with Gasteiger partial charge in [0.1, 0.15) is 60.1 Å². The van der Waals surface area contributed by atoms with Crippen molar-refractivity contribution in [3.05, 3.63) is 69.8 Å². The summed E-state index contributed by atoms with van der Waals surface area (Å²) in [7, 11) is 0. The second-order valence-electron chi connectivity index (χ2n) is 21.1. The van der Waals surface area contributed by atoms with Crippen molar-refractivity contribution >= 4 is 82.6 Å². The van der Waals surface area contributed by atoms with Crippen LogP contribution >= 0.6 is 0 Å². The third-order valence-corrected chi connectivity index (χ3v) is 13.0. The van der Waals surface area contributed by atoms with Crippen molar-refractivity contribution in [1.29, 1.82) is 0 Å². The monoisotopic (exact) mass is 1200 g/mol. The van der Waals surface area contributed by atoms with Crippen LogP contribution in [0.25, 0.3) is 0 Å². The Kier molecular flexibility index (Phi) is 29.0. The molecule has 0 bridgehead atoms. The number of phenols is 1. The molecular formula is C54H78N12O19. The predicted molar refractivity (Wildman–Crippen MR) is 299 cm³/mol. The van der Waals surface area contributed by atoms with Crippen molar-refractivity contribution < 1.29 is 87.7 Å². The number of aromatic hydroxyl groups is 1. The topological polar surface area (TPSA) is 492 Å². The fraction of sp³-hybridized carbons (Fsp3) is 0.537. The molecular weight excluding hydrogens is 1120 g/mol. The van der Waals surface area contributed by atoms with Gasteiger partial charge in [-0.25, -0.2) is 4.79 Å². The predicted octanol–water partition coefficient (Wildman–Crippen LogP) is -2.83. The van der Waals surface area contributed by atoms with Gasteiger partial charge in [0.25, 0.3) is 5.69 Å². The van der Waals surface area contributed by atoms with Crippen LogP contribution in [0.15, 0.2) is 48.5 Å². The smallest absolute Gasteiger partial charge is 0.326 e. The molecule has 2 aromatic carbocycles. The molecule has 0 aliphatic heterocycles. The number of benzene rings is 2. The van der Waals surface area contributed by atoms with E-state index < -0.39 is 174 Å². The first-order valence-corrected chi connectivity index (χ1v) is 27.0. The number of phenolic OH excluding ortho intramolecular Hbond substituents is 1. The fourth-order valence-corrected chi connectivity index (χ4v) is 8.14. The standard InChI is InChI=1S/C54H78N12O19/c1-10-27(6)44(52(80)61-37(22-40(55)70)49(77)60-38(23-42(72)73)50(78)62-39(54(82)83)19-25(2)3)65-51(79)43(26(4)5)64-53(81)45(29(8)67)63-41(71)24-56-46(74)28(7)57-47(75)36(21-32-13-17-34(69)18-14-32)59-48(76)35(58-30(9)68)20-31-11-15-33(16-12-31)66(84)85/h11-18,25-29,35-39,43-45,67,69H,10,19-24H2,1-9H3,(H2,55,70)(H,56,74)(H,57,75)(H,58,68)(H,59,76)(H,60,77)(H,61,80)(H,62,78)(H,63,71)(H,64,81)(H,65,79)(H,72,73)(H,82,83)/t27-,28+,29-,35+,36+,37+,38+,39+,43+,44+,45+/m1/s1. The first kappa shape index (κ1) is 71.8. The molecule has 0 spiro atoms. The summed E-state index contributed by atoms with van der Waals surface area (Å²) in [5, 5.41) is 74.3. The van der Waals surface area contributed by atoms with Gasteiger partial charge in [-0.15, -0.1) is 0 Å². The molecule has 31 nitrogen and oxygen atoms in total. The highest BCUT2D eigenvalue weighted by molar-refractivity contribution is 6.00. The zero-order valence-corrected chi connectivity index (χ0v) is 48.5. The number of aliphatic carboxylic acids is 2. The summed E-state index contributed by atoms with van der Waals surface area (Å²) in [5.74, 6) is -16.0. The van der Waals surface area contributed by atoms with E-state index in [1.165, 1.54) is 76.2 Å². The van der Waals surface area contributed by atoms with Crippen LogP contribution in [0.4, 0.5) is 5.69 Å². The lowest BCUT2D eigenvalue weighted by atomic mass is 9.95. The number of rotatable bonds is 35. The minimum atomic E-state index is -1.90. The molecule has 31 heteroatoms. The molecule has 2 aromatic rings. The van der Waals surface area contributed by atoms with Crippen molar-refractivity contribution in [2.75, 3.05) is 6.54 Å². The van der Waals surface area contributed by atoms with E-state index in [1.54, 1.807) is 20.8 Å². The summed E-state index contributed by atoms with van der Waals surface area (Å²) in [6.07, 6.45) is -3.78. The molecule has 0 aliphatic rings. The van der Waals surface area contributed by atoms with E-state index in [1.807, 2.05) is 0 Å². The van der Waals surface area contributed by atoms with Gasteiger partial charge < -0.3 is 79.3 Å². The van der Waals surface area contributed by atoms with Gasteiger partial charge in [0.15, 0.2) is 0 Å². The number of amides is 11. The van der Waals surface area contributed by atoms with Gasteiger partial charge in [0.2, 0.25) is 65.0 Å². The first-order valence-electron chi connectivity index (χ1n) is 27.0. The van der Waals surface area contributed by atoms with E-state index in [0.717, 1.165) is 13.8 Å². The van der Waals surface area contributed by atoms with Gasteiger partial charge in [-0.1, -0.05) is 72.2 Å². The highest BCUT2D eigenvalue weighted by Gasteiger charge is 2.38. The molecule has 0 heterocycles. The highest BCUT2D eigenvalue weighted by atomic mass is 16.6. The highest BCUT2D eigenvalue weighted by Crippen LogP contribution is 2.17. The Morgan fingerprint density at radius 3 is 1.47 bits per heavy atom. The van der Waals surface area contributed by atoms with Crippen molar-refractivity contribution in [2.24, 2.45) is 23.5 Å². The molecule has 0 radical (unpaired) electrons. The van der Waals surface area contributed by atoms with Crippen LogP contribution in [0.2, 0.25) is 0 Å². The second-order valence-corrected chi connectivity index (χ2v) is 21.1. The number of carbonyl (C=O) groups excluding carboxylic acids is 11. The molecule has 11 amide bonds. The Morgan fingerprint density at radius 1 is 0.553 bits per heavy atom. The van der Waals surface area contributed by atoms with Crippen LogP contribution in [0.1, 0.15) is 99.1 Å². The molecule has 468 valence electrons. The first-order chi connectivity index (χ1) is 39.6. The summed E-state index contributed by atoms with van der Waals surface area (Å²) >= 11 is 0. The molecule has 0 unspecified atom stereocenters. The summed E-state index contributed by atoms with van der Waals surface area (Å²) in [4.78, 5) is 181. The second kappa shape index (κ2) is 34.3. The Hall–Kier alpha value is -9.29. The lowest BCUT2D eigenvalue weighted by molar-refractivity contribution is -0.384. The molecule has 16 N–H and O–H groups in total. The number of nitro groups is 1. The maximum Gasteiger partial charge on any atom is 0.326 e. The average Bonchev–Trinajstić information content (AvgIpc) is 3.56. The minimum Gasteiger partial charge on any atom is -0.508 e. The third-order valence-electron chi connectivity index (χ3n) is 13.0. The van der Waals surface area contributed by atoms with Crippen LogP contribution in [-0.2, 0) is 75.2 Å². The van der Waals surface area contributed by atoms with Crippen LogP contribution in [-0.4, -0.2) is 169 Å². The molecule has 11 atom stereocenters. The number of hydrogen-bond donors (Lipinski definition) is 15. The Bertz CT molecular complexity index is 2740. The maximum atomic E-state index is 14.0. The zero-order chi connectivity index (χ0) is 64.6. The molecule has 0 saturated heterocycles. The van der Waals surface area contributed by atoms with Crippen LogP contribution in [0.5, 0.6) is 5.75 Å². The minimum absolute atomic E-state index is 0.0597. The van der Waals surface area contributed by atoms with E-state index in [9.17, 15) is 92.9 Å². The number of nitrogens with two attached hydrogens (primary N) is 1. The zero-order valence-electron chi connectivity index (χ0n) is 48.5. The number of carboxylic acids is 2. The van der Waals surface area contributed by atoms with Crippen LogP contribution < -0.4 is 58.9 Å². The Labute approximate surface area is 489 Å². The molecule has 0 fully saturated rings. The summed E-state index contributed by atoms with van der Waals surface area (Å²) in [5.41, 5.74) is 6.02. The van der Waals surface area contributed by atoms with Crippen LogP contribution in [0.3, 0.4) is 0 Å². The Balaban J connectivity index is 2.23. The van der Waals surface area contributed by atoms with Gasteiger partial charge in [0, 0.05) is 31.9 Å². The molecule has 2 rings (SSSR count). The van der Waals surface area contributed by atoms with E-state index in [0.29, 0.717) is 11.1 Å². The number of aliphatic hydroxyl groups is 1. The third kappa shape index (κ3) is 25.0. The van der Waals surface area contributed by atoms with Crippen molar-refractivity contribution in [3.8, 4) is 5.75 Å². The van der Waals surface area contributed by atoms with Gasteiger partial charge in [-0.2, -0.15) is 0 Å². The van der Waals surface area contributed by atoms with Gasteiger partial charge in [-0.3, -0.25) is 67.6 Å². The fourth-order valence-electron chi connectivity index (χ4n) is 8.14. The van der Waals surface area contributed by atoms with Gasteiger partial charge in [-0.05, 0) is 61.3 Å². The van der Waals surface area contributed by atoms with E-state index in [2.05, 4.69) is 53.2 Å². The van der Waals surface area contributed by atoms with Gasteiger partial charge in [0.05, 0.1) is 30.4 Å². The Morgan fingerprint density at radius 2 is 1.00 bits per heavy atom. The SMILES string of the molecule is CC[C@@H](C)[C@H](NC(=O)[C@@H](NC(=O)[C@@H](NC(=O)CNC(=O)[C@H](C)NC(=O)[C@H](Cc1ccc(O)cc1)NC(=O)[C@H](Cc1ccc([N+](=O)[O-])cc1)NC(C)=O)[C@@H](C)O)C(C)C)C(=O)N[C@@H](CC(N)=O)C(=O)N[C@@H](CC(=O)O)C(=O)N[C@@H](CC(C)C)C(=O)O. The number of nitrogens with one attached hydrogen (secondary N) is 10. The molecule has 0 aliphatic carbocycles. The maximum absolute atomic E-state index is 14.0. The van der Waals surface area contributed by atoms with E-state index >= 15 is 0 Å². The molecule has 0 saturated carbocycles. The number of nitrogens with zero attached hydrogens (tertiary/aromatic N) is 1. The number of carboxylic acid groups (broad SMARTS) is 2. The number of primary amides is 1. The number of hydrogen-bond acceptors (Lipinski definition) is 17. The van der Waals surface area contributed by atoms with E-state index in [4.69, 9.17) is 5.73 Å². The number of carbonyl (C=O) groups is 13. The molecule has 0 aromatic heterocycles. The van der Waals surface area contributed by atoms with Crippen LogP contribution in [0, 0.1) is 27.9 Å². The lowest BCUT2D eigenvalue weighted by Crippen LogP contribution is -2.62. The van der Waals surface area contributed by atoms with E-state index in [-0.39, 0.29) is 43.0 Å².